The van der Waals surface area contributed by atoms with E-state index in [0.29, 0.717) is 16.7 Å². The molecule has 0 atom stereocenters. The third-order valence-electron chi connectivity index (χ3n) is 2.79. The van der Waals surface area contributed by atoms with Gasteiger partial charge in [0.2, 0.25) is 0 Å². The summed E-state index contributed by atoms with van der Waals surface area (Å²) >= 11 is 0. The maximum absolute atomic E-state index is 12.7. The zero-order chi connectivity index (χ0) is 14.8. The van der Waals surface area contributed by atoms with E-state index in [1.165, 1.54) is 18.4 Å². The second-order valence-corrected chi connectivity index (χ2v) is 4.10. The van der Waals surface area contributed by atoms with Crippen LogP contribution in [0.5, 0.6) is 0 Å². The van der Waals surface area contributed by atoms with Gasteiger partial charge in [-0.1, -0.05) is 6.07 Å². The van der Waals surface area contributed by atoms with Crippen LogP contribution >= 0.6 is 0 Å². The molecule has 0 amide bonds. The summed E-state index contributed by atoms with van der Waals surface area (Å²) in [5.74, 6) is 0. The maximum atomic E-state index is 12.7. The molecule has 105 valence electrons. The first-order valence-corrected chi connectivity index (χ1v) is 5.74. The van der Waals surface area contributed by atoms with Crippen LogP contribution in [0.3, 0.4) is 0 Å². The molecule has 0 aromatic heterocycles. The number of alkyl halides is 3. The van der Waals surface area contributed by atoms with Crippen molar-refractivity contribution in [3.8, 4) is 6.07 Å². The molecule has 1 aliphatic rings. The van der Waals surface area contributed by atoms with E-state index in [9.17, 15) is 13.2 Å². The minimum Gasteiger partial charge on any atom is -0.498 e. The first kappa shape index (κ1) is 17.8. The van der Waals surface area contributed by atoms with E-state index in [0.717, 1.165) is 12.1 Å². The number of hydrogen-bond donors (Lipinski definition) is 1. The topological polar surface area (TPSA) is 53.2 Å². The number of allylic oxidation sites excluding steroid dienone is 3. The molecule has 0 saturated heterocycles. The minimum atomic E-state index is -4.44. The molecule has 3 nitrogen and oxygen atoms in total. The average Bonchev–Trinajstić information content (AvgIpc) is 2.76. The Balaban J connectivity index is 0.00000220. The van der Waals surface area contributed by atoms with Crippen LogP contribution in [-0.4, -0.2) is 47.9 Å². The average molecular weight is 304 g/mol. The molecule has 0 heterocycles. The van der Waals surface area contributed by atoms with Crippen molar-refractivity contribution < 1.29 is 23.0 Å². The van der Waals surface area contributed by atoms with E-state index in [4.69, 9.17) is 15.1 Å². The number of fused-ring (bicyclic) bond motifs is 1. The molecule has 0 fully saturated rings. The summed E-state index contributed by atoms with van der Waals surface area (Å²) in [6.45, 7) is -0.165. The largest absolute Gasteiger partial charge is 0.498 e. The molecule has 0 aliphatic heterocycles. The molecule has 0 spiro atoms. The van der Waals surface area contributed by atoms with Gasteiger partial charge in [0, 0.05) is 40.7 Å². The van der Waals surface area contributed by atoms with E-state index >= 15 is 0 Å². The summed E-state index contributed by atoms with van der Waals surface area (Å²) in [5.41, 5.74) is 0.634. The van der Waals surface area contributed by atoms with Gasteiger partial charge in [-0.25, -0.2) is 0 Å². The Labute approximate surface area is 141 Å². The number of aliphatic hydroxyl groups is 1. The third kappa shape index (κ3) is 3.89. The van der Waals surface area contributed by atoms with Gasteiger partial charge in [0.1, 0.15) is 6.61 Å². The number of ether oxygens (including phenoxy) is 1. The zero-order valence-electron chi connectivity index (χ0n) is 11.2. The number of halogens is 3. The summed E-state index contributed by atoms with van der Waals surface area (Å²) in [4.78, 5) is 0. The van der Waals surface area contributed by atoms with Gasteiger partial charge in [-0.3, -0.25) is 0 Å². The molecule has 1 aromatic rings. The predicted octanol–water partition coefficient (Wildman–Crippen LogP) is 2.59. The van der Waals surface area contributed by atoms with Crippen molar-refractivity contribution in [3.63, 3.8) is 0 Å². The summed E-state index contributed by atoms with van der Waals surface area (Å²) < 4.78 is 43.1. The fraction of sp³-hybridized carbons (Fsp3) is 0.214. The Hall–Kier alpha value is -1.26. The van der Waals surface area contributed by atoms with Crippen LogP contribution in [-0.2, 0) is 10.9 Å². The van der Waals surface area contributed by atoms with Crippen LogP contribution in [0.4, 0.5) is 13.2 Å². The molecular weight excluding hydrogens is 294 g/mol. The van der Waals surface area contributed by atoms with Crippen LogP contribution in [0, 0.1) is 11.3 Å². The first-order chi connectivity index (χ1) is 9.47. The number of nitrogens with zero attached hydrogens (tertiary/aromatic N) is 1. The zero-order valence-corrected chi connectivity index (χ0v) is 13.2. The van der Waals surface area contributed by atoms with Crippen molar-refractivity contribution in [1.82, 2.24) is 0 Å². The maximum Gasteiger partial charge on any atom is 0.416 e. The van der Waals surface area contributed by atoms with Crippen LogP contribution in [0.1, 0.15) is 16.7 Å². The monoisotopic (exact) mass is 304 g/mol. The molecule has 7 heteroatoms. The van der Waals surface area contributed by atoms with Gasteiger partial charge in [0.25, 0.3) is 0 Å². The summed E-state index contributed by atoms with van der Waals surface area (Å²) in [5, 5.41) is 17.6. The van der Waals surface area contributed by atoms with Crippen molar-refractivity contribution in [1.29, 1.82) is 5.26 Å². The number of aliphatic hydroxyl groups excluding tert-OH is 1. The van der Waals surface area contributed by atoms with E-state index in [1.807, 2.05) is 6.07 Å². The number of rotatable bonds is 3. The van der Waals surface area contributed by atoms with Gasteiger partial charge in [-0.2, -0.15) is 18.4 Å². The van der Waals surface area contributed by atoms with Crippen molar-refractivity contribution in [2.24, 2.45) is 0 Å². The molecule has 1 radical (unpaired) electrons. The molecule has 1 N–H and O–H groups in total. The Bertz CT molecular complexity index is 630. The Morgan fingerprint density at radius 2 is 2.00 bits per heavy atom. The van der Waals surface area contributed by atoms with Gasteiger partial charge >= 0.3 is 6.18 Å². The van der Waals surface area contributed by atoms with Gasteiger partial charge in [-0.05, 0) is 23.8 Å². The van der Waals surface area contributed by atoms with E-state index in [-0.39, 0.29) is 48.3 Å². The normalized spacial score (nSPS) is 15.0. The van der Waals surface area contributed by atoms with Crippen molar-refractivity contribution >= 4 is 40.7 Å². The second-order valence-electron chi connectivity index (χ2n) is 4.10. The molecule has 0 saturated carbocycles. The van der Waals surface area contributed by atoms with Crippen LogP contribution < -0.4 is 0 Å². The molecular formula is C14H10F3NNaO2. The molecule has 0 bridgehead atoms. The molecule has 2 rings (SSSR count). The first-order valence-electron chi connectivity index (χ1n) is 5.74. The fourth-order valence-electron chi connectivity index (χ4n) is 1.90. The van der Waals surface area contributed by atoms with Gasteiger partial charge < -0.3 is 9.84 Å². The van der Waals surface area contributed by atoms with E-state index in [2.05, 4.69) is 0 Å². The number of hydrogen-bond acceptors (Lipinski definition) is 3. The summed E-state index contributed by atoms with van der Waals surface area (Å²) in [6, 6.07) is 5.15. The standard InChI is InChI=1S/C14H10F3NO2.Na/c15-14(16,17)11-1-2-12-9(7-18)5-10(13(12)6-11)8-20-4-3-19;/h1-2,5-6,8,19H,3-4H2;. The predicted molar refractivity (Wildman–Crippen MR) is 71.8 cm³/mol. The van der Waals surface area contributed by atoms with Crippen molar-refractivity contribution in [2.45, 2.75) is 6.18 Å². The minimum absolute atomic E-state index is 0. The third-order valence-corrected chi connectivity index (χ3v) is 2.79. The number of benzene rings is 1. The second kappa shape index (κ2) is 7.14. The number of nitriles is 1. The van der Waals surface area contributed by atoms with Gasteiger partial charge in [-0.15, -0.1) is 0 Å². The van der Waals surface area contributed by atoms with E-state index in [1.54, 1.807) is 0 Å². The molecule has 1 aliphatic carbocycles. The SMILES string of the molecule is N#CC1=CC(=COCCO)c2cc(C(F)(F)F)ccc21.[Na]. The van der Waals surface area contributed by atoms with Crippen LogP contribution in [0.15, 0.2) is 30.5 Å². The summed E-state index contributed by atoms with van der Waals surface area (Å²) in [6.07, 6.45) is -1.73. The van der Waals surface area contributed by atoms with E-state index < -0.39 is 11.7 Å². The Morgan fingerprint density at radius 3 is 2.57 bits per heavy atom. The Kier molecular flexibility index (Phi) is 6.05. The Morgan fingerprint density at radius 1 is 1.29 bits per heavy atom. The fourth-order valence-corrected chi connectivity index (χ4v) is 1.90. The molecule has 1 aromatic carbocycles. The summed E-state index contributed by atoms with van der Waals surface area (Å²) in [7, 11) is 0. The van der Waals surface area contributed by atoms with Crippen molar-refractivity contribution in [3.05, 3.63) is 47.2 Å². The smallest absolute Gasteiger partial charge is 0.416 e. The van der Waals surface area contributed by atoms with Crippen LogP contribution in [0.2, 0.25) is 0 Å². The van der Waals surface area contributed by atoms with Crippen molar-refractivity contribution in [2.75, 3.05) is 13.2 Å². The van der Waals surface area contributed by atoms with Crippen LogP contribution in [0.25, 0.3) is 11.1 Å². The van der Waals surface area contributed by atoms with Gasteiger partial charge in [0.05, 0.1) is 30.1 Å². The molecule has 0 unspecified atom stereocenters. The van der Waals surface area contributed by atoms with Gasteiger partial charge in [0.15, 0.2) is 0 Å². The molecule has 21 heavy (non-hydrogen) atoms. The quantitative estimate of drug-likeness (QED) is 0.530.